The van der Waals surface area contributed by atoms with Gasteiger partial charge in [0.05, 0.1) is 12.6 Å². The lowest BCUT2D eigenvalue weighted by molar-refractivity contribution is -0.142. The minimum Gasteiger partial charge on any atom is -0.508 e. The number of rotatable bonds is 17. The van der Waals surface area contributed by atoms with E-state index in [-0.39, 0.29) is 50.4 Å². The van der Waals surface area contributed by atoms with Crippen molar-refractivity contribution in [2.45, 2.75) is 56.3 Å². The maximum absolute atomic E-state index is 12.8. The van der Waals surface area contributed by atoms with E-state index >= 15 is 0 Å². The molecule has 0 aliphatic heterocycles. The number of carbonyl (C=O) groups excluding carboxylic acids is 4. The van der Waals surface area contributed by atoms with Crippen LogP contribution in [0.2, 0.25) is 0 Å². The van der Waals surface area contributed by atoms with Crippen LogP contribution in [0.1, 0.15) is 31.2 Å². The Balaban J connectivity index is 2.86. The van der Waals surface area contributed by atoms with Gasteiger partial charge in [-0.15, -0.1) is 0 Å². The predicted octanol–water partition coefficient (Wildman–Crippen LogP) is -3.89. The molecule has 0 aliphatic rings. The number of aliphatic imine (C=N–C) groups is 1. The number of aliphatic carboxylic acids is 1. The van der Waals surface area contributed by atoms with Crippen LogP contribution in [0, 0.1) is 0 Å². The van der Waals surface area contributed by atoms with Crippen molar-refractivity contribution in [3.8, 4) is 5.75 Å². The second-order valence-corrected chi connectivity index (χ2v) is 8.64. The van der Waals surface area contributed by atoms with Crippen LogP contribution in [0.5, 0.6) is 5.75 Å². The number of phenols is 1. The Labute approximate surface area is 224 Å². The van der Waals surface area contributed by atoms with E-state index in [9.17, 15) is 39.3 Å². The van der Waals surface area contributed by atoms with Gasteiger partial charge in [0.25, 0.3) is 0 Å². The largest absolute Gasteiger partial charge is 0.508 e. The zero-order valence-electron chi connectivity index (χ0n) is 21.2. The van der Waals surface area contributed by atoms with Crippen LogP contribution < -0.4 is 38.9 Å². The summed E-state index contributed by atoms with van der Waals surface area (Å²) in [6, 6.07) is 0.563. The summed E-state index contributed by atoms with van der Waals surface area (Å²) in [5.74, 6) is -4.95. The fourth-order valence-electron chi connectivity index (χ4n) is 3.31. The summed E-state index contributed by atoms with van der Waals surface area (Å²) >= 11 is 0. The second-order valence-electron chi connectivity index (χ2n) is 8.64. The van der Waals surface area contributed by atoms with Crippen molar-refractivity contribution in [3.63, 3.8) is 0 Å². The predicted molar refractivity (Wildman–Crippen MR) is 139 cm³/mol. The molecular weight excluding hydrogens is 516 g/mol. The molecule has 16 nitrogen and oxygen atoms in total. The number of carboxylic acids is 1. The monoisotopic (exact) mass is 552 g/mol. The van der Waals surface area contributed by atoms with E-state index in [1.54, 1.807) is 12.1 Å². The lowest BCUT2D eigenvalue weighted by atomic mass is 10.1. The number of aliphatic hydroxyl groups is 1. The molecule has 1 rings (SSSR count). The first-order chi connectivity index (χ1) is 18.3. The third kappa shape index (κ3) is 12.6. The molecule has 39 heavy (non-hydrogen) atoms. The van der Waals surface area contributed by atoms with Crippen LogP contribution >= 0.6 is 0 Å². The van der Waals surface area contributed by atoms with E-state index in [4.69, 9.17) is 22.9 Å². The first-order valence-electron chi connectivity index (χ1n) is 12.0. The van der Waals surface area contributed by atoms with E-state index in [1.165, 1.54) is 12.1 Å². The average Bonchev–Trinajstić information content (AvgIpc) is 2.87. The average molecular weight is 553 g/mol. The summed E-state index contributed by atoms with van der Waals surface area (Å²) in [4.78, 5) is 64.7. The van der Waals surface area contributed by atoms with Crippen molar-refractivity contribution in [1.82, 2.24) is 16.0 Å². The minimum atomic E-state index is -1.51. The van der Waals surface area contributed by atoms with Crippen LogP contribution in [0.3, 0.4) is 0 Å². The fraction of sp³-hybridized carbons (Fsp3) is 0.478. The van der Waals surface area contributed by atoms with E-state index in [0.717, 1.165) is 0 Å². The molecule has 0 fully saturated rings. The molecule has 1 aromatic rings. The Kier molecular flexibility index (Phi) is 13.7. The number of nitrogens with two attached hydrogens (primary N) is 4. The van der Waals surface area contributed by atoms with Gasteiger partial charge >= 0.3 is 5.97 Å². The quantitative estimate of drug-likeness (QED) is 0.0506. The molecule has 0 aromatic heterocycles. The van der Waals surface area contributed by atoms with Crippen LogP contribution in [-0.2, 0) is 30.4 Å². The summed E-state index contributed by atoms with van der Waals surface area (Å²) in [7, 11) is 0. The van der Waals surface area contributed by atoms with Gasteiger partial charge in [-0.1, -0.05) is 12.1 Å². The van der Waals surface area contributed by atoms with Crippen molar-refractivity contribution in [2.24, 2.45) is 27.9 Å². The Bertz CT molecular complexity index is 1030. The molecule has 0 aliphatic carbocycles. The molecule has 4 atom stereocenters. The second kappa shape index (κ2) is 16.4. The molecule has 0 saturated carbocycles. The third-order valence-electron chi connectivity index (χ3n) is 5.42. The van der Waals surface area contributed by atoms with Gasteiger partial charge in [0.2, 0.25) is 23.6 Å². The van der Waals surface area contributed by atoms with E-state index in [0.29, 0.717) is 5.56 Å². The number of amides is 4. The van der Waals surface area contributed by atoms with E-state index in [1.807, 2.05) is 0 Å². The van der Waals surface area contributed by atoms with Crippen LogP contribution in [0.25, 0.3) is 0 Å². The molecule has 0 radical (unpaired) electrons. The molecule has 216 valence electrons. The number of primary amides is 1. The van der Waals surface area contributed by atoms with Crippen molar-refractivity contribution in [2.75, 3.05) is 13.2 Å². The maximum Gasteiger partial charge on any atom is 0.326 e. The van der Waals surface area contributed by atoms with Gasteiger partial charge in [0, 0.05) is 13.0 Å². The molecule has 1 aromatic carbocycles. The number of nitrogens with one attached hydrogen (secondary N) is 3. The Morgan fingerprint density at radius 1 is 0.846 bits per heavy atom. The zero-order chi connectivity index (χ0) is 29.5. The highest BCUT2D eigenvalue weighted by molar-refractivity contribution is 5.94. The molecule has 0 bridgehead atoms. The van der Waals surface area contributed by atoms with Gasteiger partial charge in [0.15, 0.2) is 5.96 Å². The lowest BCUT2D eigenvalue weighted by Gasteiger charge is -2.24. The first-order valence-corrected chi connectivity index (χ1v) is 12.0. The van der Waals surface area contributed by atoms with Gasteiger partial charge in [0.1, 0.15) is 23.9 Å². The highest BCUT2D eigenvalue weighted by Crippen LogP contribution is 2.11. The summed E-state index contributed by atoms with van der Waals surface area (Å²) < 4.78 is 0. The number of guanidine groups is 1. The van der Waals surface area contributed by atoms with Gasteiger partial charge in [-0.2, -0.15) is 0 Å². The number of nitrogens with zero attached hydrogens (tertiary/aromatic N) is 1. The molecule has 14 N–H and O–H groups in total. The standard InChI is InChI=1S/C23H36N8O8/c24-14(10-12-3-5-13(33)6-4-12)19(35)31-17(11-32)21(37)29-15(7-8-18(25)34)20(36)30-16(22(38)39)2-1-9-28-23(26)27/h3-6,14-17,32-33H,1-2,7-11,24H2,(H2,25,34)(H,29,37)(H,30,36)(H,31,35)(H,38,39)(H4,26,27,28). The topological polar surface area (TPSA) is 299 Å². The van der Waals surface area contributed by atoms with Crippen molar-refractivity contribution in [1.29, 1.82) is 0 Å². The lowest BCUT2D eigenvalue weighted by Crippen LogP contribution is -2.58. The smallest absolute Gasteiger partial charge is 0.326 e. The summed E-state index contributed by atoms with van der Waals surface area (Å²) in [5.41, 5.74) is 22.1. The molecule has 0 spiro atoms. The SMILES string of the molecule is NC(=O)CCC(NC(=O)C(CO)NC(=O)C(N)Cc1ccc(O)cc1)C(=O)NC(CCCN=C(N)N)C(=O)O. The molecule has 4 amide bonds. The van der Waals surface area contributed by atoms with E-state index < -0.39 is 60.4 Å². The molecule has 0 heterocycles. The maximum atomic E-state index is 12.8. The van der Waals surface area contributed by atoms with Crippen LogP contribution in [0.4, 0.5) is 0 Å². The third-order valence-corrected chi connectivity index (χ3v) is 5.42. The van der Waals surface area contributed by atoms with Crippen LogP contribution in [0.15, 0.2) is 29.3 Å². The molecule has 16 heteroatoms. The number of benzene rings is 1. The van der Waals surface area contributed by atoms with Gasteiger partial charge in [-0.3, -0.25) is 24.2 Å². The van der Waals surface area contributed by atoms with Gasteiger partial charge in [-0.05, 0) is 43.4 Å². The van der Waals surface area contributed by atoms with Crippen molar-refractivity contribution < 1.29 is 39.3 Å². The van der Waals surface area contributed by atoms with Gasteiger partial charge in [-0.25, -0.2) is 4.79 Å². The minimum absolute atomic E-state index is 0.0318. The highest BCUT2D eigenvalue weighted by atomic mass is 16.4. The number of carboxylic acid groups (broad SMARTS) is 1. The normalized spacial score (nSPS) is 13.7. The first kappa shape index (κ1) is 32.6. The van der Waals surface area contributed by atoms with E-state index in [2.05, 4.69) is 20.9 Å². The number of aromatic hydroxyl groups is 1. The summed E-state index contributed by atoms with van der Waals surface area (Å²) in [6.07, 6.45) is -0.359. The number of aliphatic hydroxyl groups excluding tert-OH is 1. The summed E-state index contributed by atoms with van der Waals surface area (Å²) in [6.45, 7) is -0.729. The number of phenolic OH excluding ortho intramolecular Hbond substituents is 1. The highest BCUT2D eigenvalue weighted by Gasteiger charge is 2.30. The number of hydrogen-bond donors (Lipinski definition) is 10. The Morgan fingerprint density at radius 2 is 1.41 bits per heavy atom. The number of carbonyl (C=O) groups is 5. The molecular formula is C23H36N8O8. The fourth-order valence-corrected chi connectivity index (χ4v) is 3.31. The molecule has 4 unspecified atom stereocenters. The Morgan fingerprint density at radius 3 is 1.95 bits per heavy atom. The number of hydrogen-bond acceptors (Lipinski definition) is 9. The summed E-state index contributed by atoms with van der Waals surface area (Å²) in [5, 5.41) is 35.3. The Hall–Kier alpha value is -4.44. The van der Waals surface area contributed by atoms with Crippen molar-refractivity contribution in [3.05, 3.63) is 29.8 Å². The molecule has 0 saturated heterocycles. The van der Waals surface area contributed by atoms with Gasteiger partial charge < -0.3 is 54.2 Å². The zero-order valence-corrected chi connectivity index (χ0v) is 21.2. The van der Waals surface area contributed by atoms with Crippen molar-refractivity contribution >= 4 is 35.6 Å². The van der Waals surface area contributed by atoms with Crippen LogP contribution in [-0.4, -0.2) is 88.2 Å².